The van der Waals surface area contributed by atoms with Crippen LogP contribution in [-0.2, 0) is 19.7 Å². The number of nitrogens with zero attached hydrogens (tertiary/aromatic N) is 1. The fourth-order valence-electron chi connectivity index (χ4n) is 4.60. The molecule has 28 heavy (non-hydrogen) atoms. The van der Waals surface area contributed by atoms with Crippen LogP contribution < -0.4 is 5.32 Å². The number of amides is 1. The Labute approximate surface area is 166 Å². The van der Waals surface area contributed by atoms with Crippen LogP contribution in [0.3, 0.4) is 0 Å². The molecule has 0 bridgehead atoms. The standard InChI is InChI=1S/C22H31FN2O3/c1-2-28-21(27)17-6-5-13-25(14-17)15-20(26)24-16-22(11-3-4-12-22)18-7-9-19(23)10-8-18/h7-10,17H,2-6,11-16H2,1H3,(H,24,26). The van der Waals surface area contributed by atoms with Crippen molar-refractivity contribution >= 4 is 11.9 Å². The number of rotatable bonds is 7. The molecule has 1 unspecified atom stereocenters. The Hall–Kier alpha value is -1.95. The lowest BCUT2D eigenvalue weighted by Crippen LogP contribution is -2.47. The number of carbonyl (C=O) groups excluding carboxylic acids is 2. The highest BCUT2D eigenvalue weighted by atomic mass is 19.1. The minimum Gasteiger partial charge on any atom is -0.466 e. The molecule has 6 heteroatoms. The monoisotopic (exact) mass is 390 g/mol. The predicted molar refractivity (Wildman–Crippen MR) is 105 cm³/mol. The smallest absolute Gasteiger partial charge is 0.310 e. The van der Waals surface area contributed by atoms with E-state index in [-0.39, 0.29) is 29.0 Å². The third-order valence-electron chi connectivity index (χ3n) is 6.13. The summed E-state index contributed by atoms with van der Waals surface area (Å²) in [5, 5.41) is 3.10. The zero-order valence-corrected chi connectivity index (χ0v) is 16.7. The molecule has 1 heterocycles. The normalized spacial score (nSPS) is 22.0. The van der Waals surface area contributed by atoms with E-state index in [4.69, 9.17) is 4.74 Å². The van der Waals surface area contributed by atoms with Gasteiger partial charge in [-0.05, 0) is 56.8 Å². The molecular formula is C22H31FN2O3. The predicted octanol–water partition coefficient (Wildman–Crippen LogP) is 3.03. The number of esters is 1. The lowest BCUT2D eigenvalue weighted by molar-refractivity contribution is -0.150. The van der Waals surface area contributed by atoms with Gasteiger partial charge in [-0.15, -0.1) is 0 Å². The van der Waals surface area contributed by atoms with Gasteiger partial charge in [0.25, 0.3) is 0 Å². The van der Waals surface area contributed by atoms with Gasteiger partial charge in [0.2, 0.25) is 5.91 Å². The molecule has 1 saturated carbocycles. The molecule has 1 amide bonds. The largest absolute Gasteiger partial charge is 0.466 e. The van der Waals surface area contributed by atoms with Crippen LogP contribution in [0.4, 0.5) is 4.39 Å². The number of piperidine rings is 1. The van der Waals surface area contributed by atoms with E-state index >= 15 is 0 Å². The van der Waals surface area contributed by atoms with Crippen LogP contribution in [0.2, 0.25) is 0 Å². The summed E-state index contributed by atoms with van der Waals surface area (Å²) in [5.41, 5.74) is 1.01. The van der Waals surface area contributed by atoms with Gasteiger partial charge in [-0.3, -0.25) is 14.5 Å². The Morgan fingerprint density at radius 1 is 1.21 bits per heavy atom. The van der Waals surface area contributed by atoms with Crippen LogP contribution in [0.5, 0.6) is 0 Å². The maximum atomic E-state index is 13.3. The molecular weight excluding hydrogens is 359 g/mol. The number of hydrogen-bond donors (Lipinski definition) is 1. The Bertz CT molecular complexity index is 671. The van der Waals surface area contributed by atoms with Gasteiger partial charge in [0, 0.05) is 18.5 Å². The first kappa shape index (κ1) is 20.8. The molecule has 154 valence electrons. The highest BCUT2D eigenvalue weighted by molar-refractivity contribution is 5.78. The Morgan fingerprint density at radius 2 is 1.93 bits per heavy atom. The second-order valence-corrected chi connectivity index (χ2v) is 8.10. The molecule has 0 spiro atoms. The highest BCUT2D eigenvalue weighted by Gasteiger charge is 2.36. The first-order valence-corrected chi connectivity index (χ1v) is 10.4. The molecule has 2 fully saturated rings. The number of hydrogen-bond acceptors (Lipinski definition) is 4. The number of halogens is 1. The molecule has 1 aromatic rings. The van der Waals surface area contributed by atoms with Crippen LogP contribution >= 0.6 is 0 Å². The highest BCUT2D eigenvalue weighted by Crippen LogP contribution is 2.40. The molecule has 3 rings (SSSR count). The number of likely N-dealkylation sites (tertiary alicyclic amines) is 1. The summed E-state index contributed by atoms with van der Waals surface area (Å²) in [4.78, 5) is 26.6. The van der Waals surface area contributed by atoms with Crippen molar-refractivity contribution in [3.8, 4) is 0 Å². The lowest BCUT2D eigenvalue weighted by atomic mass is 9.79. The summed E-state index contributed by atoms with van der Waals surface area (Å²) in [6, 6.07) is 6.70. The zero-order valence-electron chi connectivity index (χ0n) is 16.7. The average Bonchev–Trinajstić information content (AvgIpc) is 3.17. The third kappa shape index (κ3) is 5.10. The molecule has 1 saturated heterocycles. The zero-order chi connectivity index (χ0) is 20.0. The van der Waals surface area contributed by atoms with Crippen molar-refractivity contribution in [2.75, 3.05) is 32.8 Å². The van der Waals surface area contributed by atoms with Gasteiger partial charge in [0.15, 0.2) is 0 Å². The van der Waals surface area contributed by atoms with E-state index in [0.717, 1.165) is 50.6 Å². The Morgan fingerprint density at radius 3 is 2.61 bits per heavy atom. The Balaban J connectivity index is 1.54. The second-order valence-electron chi connectivity index (χ2n) is 8.10. The van der Waals surface area contributed by atoms with Gasteiger partial charge in [-0.1, -0.05) is 25.0 Å². The fourth-order valence-corrected chi connectivity index (χ4v) is 4.60. The van der Waals surface area contributed by atoms with Crippen molar-refractivity contribution in [3.05, 3.63) is 35.6 Å². The van der Waals surface area contributed by atoms with Gasteiger partial charge in [0.1, 0.15) is 5.82 Å². The van der Waals surface area contributed by atoms with Crippen LogP contribution in [-0.4, -0.2) is 49.6 Å². The number of ether oxygens (including phenoxy) is 1. The SMILES string of the molecule is CCOC(=O)C1CCCN(CC(=O)NCC2(c3ccc(F)cc3)CCCC2)C1. The first-order chi connectivity index (χ1) is 13.5. The van der Waals surface area contributed by atoms with Crippen molar-refractivity contribution in [3.63, 3.8) is 0 Å². The number of benzene rings is 1. The van der Waals surface area contributed by atoms with Crippen molar-refractivity contribution in [1.82, 2.24) is 10.2 Å². The fraction of sp³-hybridized carbons (Fsp3) is 0.636. The van der Waals surface area contributed by atoms with E-state index in [1.165, 1.54) is 12.1 Å². The van der Waals surface area contributed by atoms with Crippen molar-refractivity contribution in [2.24, 2.45) is 5.92 Å². The summed E-state index contributed by atoms with van der Waals surface area (Å²) < 4.78 is 18.4. The van der Waals surface area contributed by atoms with E-state index in [1.54, 1.807) is 0 Å². The van der Waals surface area contributed by atoms with Gasteiger partial charge < -0.3 is 10.1 Å². The molecule has 1 N–H and O–H groups in total. The van der Waals surface area contributed by atoms with E-state index in [2.05, 4.69) is 5.32 Å². The van der Waals surface area contributed by atoms with E-state index < -0.39 is 0 Å². The summed E-state index contributed by atoms with van der Waals surface area (Å²) in [6.07, 6.45) is 5.99. The third-order valence-corrected chi connectivity index (χ3v) is 6.13. The van der Waals surface area contributed by atoms with E-state index in [1.807, 2.05) is 24.0 Å². The average molecular weight is 390 g/mol. The van der Waals surface area contributed by atoms with E-state index in [9.17, 15) is 14.0 Å². The molecule has 0 radical (unpaired) electrons. The summed E-state index contributed by atoms with van der Waals surface area (Å²) in [6.45, 7) is 4.48. The van der Waals surface area contributed by atoms with E-state index in [0.29, 0.717) is 26.2 Å². The van der Waals surface area contributed by atoms with Crippen molar-refractivity contribution in [1.29, 1.82) is 0 Å². The van der Waals surface area contributed by atoms with Gasteiger partial charge in [0.05, 0.1) is 19.1 Å². The summed E-state index contributed by atoms with van der Waals surface area (Å²) in [7, 11) is 0. The number of nitrogens with one attached hydrogen (secondary N) is 1. The number of carbonyl (C=O) groups is 2. The summed E-state index contributed by atoms with van der Waals surface area (Å²) >= 11 is 0. The second kappa shape index (κ2) is 9.50. The van der Waals surface area contributed by atoms with Crippen molar-refractivity contribution in [2.45, 2.75) is 50.9 Å². The lowest BCUT2D eigenvalue weighted by Gasteiger charge is -2.32. The molecule has 1 aliphatic carbocycles. The first-order valence-electron chi connectivity index (χ1n) is 10.4. The summed E-state index contributed by atoms with van der Waals surface area (Å²) in [5.74, 6) is -0.546. The topological polar surface area (TPSA) is 58.6 Å². The van der Waals surface area contributed by atoms with Crippen molar-refractivity contribution < 1.29 is 18.7 Å². The molecule has 0 aromatic heterocycles. The molecule has 1 aromatic carbocycles. The molecule has 5 nitrogen and oxygen atoms in total. The van der Waals surface area contributed by atoms with Crippen LogP contribution in [0.1, 0.15) is 51.0 Å². The maximum absolute atomic E-state index is 13.3. The van der Waals surface area contributed by atoms with Crippen LogP contribution in [0, 0.1) is 11.7 Å². The minimum atomic E-state index is -0.234. The van der Waals surface area contributed by atoms with Crippen LogP contribution in [0.25, 0.3) is 0 Å². The Kier molecular flexibility index (Phi) is 7.05. The minimum absolute atomic E-state index is 0.0158. The maximum Gasteiger partial charge on any atom is 0.310 e. The molecule has 2 aliphatic rings. The van der Waals surface area contributed by atoms with Gasteiger partial charge in [-0.25, -0.2) is 4.39 Å². The van der Waals surface area contributed by atoms with Crippen LogP contribution in [0.15, 0.2) is 24.3 Å². The van der Waals surface area contributed by atoms with Gasteiger partial charge in [-0.2, -0.15) is 0 Å². The molecule has 1 aliphatic heterocycles. The molecule has 1 atom stereocenters. The quantitative estimate of drug-likeness (QED) is 0.727. The van der Waals surface area contributed by atoms with Gasteiger partial charge >= 0.3 is 5.97 Å².